The Balaban J connectivity index is 1.58. The standard InChI is InChI=1S/C18H25N5O2/c1-12(2)9-19-18(25)23-7-3-4-14(11-23)17(24)21-15-6-5-13-10-20-22-16(13)8-15/h5-6,8,10,12,14H,3-4,7,9,11H2,1-2H3,(H,19,25)(H,20,22)(H,21,24)/t14-/m1/s1. The smallest absolute Gasteiger partial charge is 0.317 e. The topological polar surface area (TPSA) is 90.1 Å². The fourth-order valence-corrected chi connectivity index (χ4v) is 3.04. The maximum absolute atomic E-state index is 12.6. The lowest BCUT2D eigenvalue weighted by Crippen LogP contribution is -2.48. The molecule has 1 saturated heterocycles. The van der Waals surface area contributed by atoms with Crippen molar-refractivity contribution in [3.05, 3.63) is 24.4 Å². The zero-order valence-corrected chi connectivity index (χ0v) is 14.7. The van der Waals surface area contributed by atoms with E-state index in [1.807, 2.05) is 18.2 Å². The third-order valence-corrected chi connectivity index (χ3v) is 4.45. The number of aromatic nitrogens is 2. The van der Waals surface area contributed by atoms with Gasteiger partial charge in [0.2, 0.25) is 5.91 Å². The van der Waals surface area contributed by atoms with Gasteiger partial charge in [-0.2, -0.15) is 5.10 Å². The van der Waals surface area contributed by atoms with Crippen LogP contribution < -0.4 is 10.6 Å². The number of piperidine rings is 1. The van der Waals surface area contributed by atoms with E-state index in [2.05, 4.69) is 34.7 Å². The van der Waals surface area contributed by atoms with Gasteiger partial charge in [0.05, 0.1) is 17.6 Å². The number of fused-ring (bicyclic) bond motifs is 1. The van der Waals surface area contributed by atoms with Gasteiger partial charge in [0.15, 0.2) is 0 Å². The van der Waals surface area contributed by atoms with E-state index >= 15 is 0 Å². The fraction of sp³-hybridized carbons (Fsp3) is 0.500. The van der Waals surface area contributed by atoms with Crippen LogP contribution in [0.5, 0.6) is 0 Å². The lowest BCUT2D eigenvalue weighted by molar-refractivity contribution is -0.121. The first-order chi connectivity index (χ1) is 12.0. The van der Waals surface area contributed by atoms with Crippen molar-refractivity contribution in [1.29, 1.82) is 0 Å². The summed E-state index contributed by atoms with van der Waals surface area (Å²) in [5, 5.41) is 13.8. The van der Waals surface area contributed by atoms with Crippen LogP contribution in [0.15, 0.2) is 24.4 Å². The highest BCUT2D eigenvalue weighted by molar-refractivity contribution is 5.95. The molecule has 3 amide bonds. The molecule has 3 N–H and O–H groups in total. The lowest BCUT2D eigenvalue weighted by atomic mass is 9.97. The Morgan fingerprint density at radius 1 is 1.40 bits per heavy atom. The molecule has 0 saturated carbocycles. The van der Waals surface area contributed by atoms with Crippen LogP contribution in [-0.4, -0.2) is 46.7 Å². The molecule has 1 fully saturated rings. The molecule has 7 nitrogen and oxygen atoms in total. The SMILES string of the molecule is CC(C)CNC(=O)N1CCC[C@@H](C(=O)Nc2ccc3cn[nH]c3c2)C1. The van der Waals surface area contributed by atoms with E-state index in [0.717, 1.165) is 29.4 Å². The van der Waals surface area contributed by atoms with Crippen LogP contribution in [0.2, 0.25) is 0 Å². The third kappa shape index (κ3) is 4.29. The number of carbonyl (C=O) groups excluding carboxylic acids is 2. The predicted molar refractivity (Wildman–Crippen MR) is 97.3 cm³/mol. The van der Waals surface area contributed by atoms with E-state index in [0.29, 0.717) is 25.6 Å². The number of hydrogen-bond donors (Lipinski definition) is 3. The van der Waals surface area contributed by atoms with E-state index in [-0.39, 0.29) is 17.9 Å². The van der Waals surface area contributed by atoms with Crippen molar-refractivity contribution in [2.45, 2.75) is 26.7 Å². The minimum Gasteiger partial charge on any atom is -0.338 e. The molecule has 3 rings (SSSR count). The van der Waals surface area contributed by atoms with Gasteiger partial charge in [-0.1, -0.05) is 13.8 Å². The first-order valence-corrected chi connectivity index (χ1v) is 8.79. The van der Waals surface area contributed by atoms with Gasteiger partial charge in [0.25, 0.3) is 0 Å². The van der Waals surface area contributed by atoms with Crippen LogP contribution in [-0.2, 0) is 4.79 Å². The molecular weight excluding hydrogens is 318 g/mol. The highest BCUT2D eigenvalue weighted by Gasteiger charge is 2.28. The zero-order valence-electron chi connectivity index (χ0n) is 14.7. The monoisotopic (exact) mass is 343 g/mol. The van der Waals surface area contributed by atoms with Crippen LogP contribution in [0.25, 0.3) is 10.9 Å². The second-order valence-corrected chi connectivity index (χ2v) is 7.03. The minimum atomic E-state index is -0.184. The number of H-pyrrole nitrogens is 1. The molecule has 25 heavy (non-hydrogen) atoms. The summed E-state index contributed by atoms with van der Waals surface area (Å²) < 4.78 is 0. The molecule has 0 spiro atoms. The Bertz CT molecular complexity index is 755. The molecule has 0 aliphatic carbocycles. The number of hydrogen-bond acceptors (Lipinski definition) is 3. The number of rotatable bonds is 4. The van der Waals surface area contributed by atoms with Crippen molar-refractivity contribution in [1.82, 2.24) is 20.4 Å². The van der Waals surface area contributed by atoms with Crippen LogP contribution in [0.1, 0.15) is 26.7 Å². The second kappa shape index (κ2) is 7.55. The normalized spacial score (nSPS) is 17.7. The average molecular weight is 343 g/mol. The van der Waals surface area contributed by atoms with Gasteiger partial charge in [-0.15, -0.1) is 0 Å². The molecule has 134 valence electrons. The Kier molecular flexibility index (Phi) is 5.21. The number of benzene rings is 1. The predicted octanol–water partition coefficient (Wildman–Crippen LogP) is 2.58. The third-order valence-electron chi connectivity index (χ3n) is 4.45. The van der Waals surface area contributed by atoms with Crippen molar-refractivity contribution in [2.24, 2.45) is 11.8 Å². The number of aromatic amines is 1. The van der Waals surface area contributed by atoms with Crippen molar-refractivity contribution in [3.8, 4) is 0 Å². The molecule has 1 atom stereocenters. The average Bonchev–Trinajstić information content (AvgIpc) is 3.07. The maximum atomic E-state index is 12.6. The fourth-order valence-electron chi connectivity index (χ4n) is 3.04. The summed E-state index contributed by atoms with van der Waals surface area (Å²) in [6.07, 6.45) is 3.38. The van der Waals surface area contributed by atoms with Gasteiger partial charge in [-0.25, -0.2) is 4.79 Å². The zero-order chi connectivity index (χ0) is 17.8. The maximum Gasteiger partial charge on any atom is 0.317 e. The van der Waals surface area contributed by atoms with Crippen molar-refractivity contribution in [2.75, 3.05) is 25.0 Å². The van der Waals surface area contributed by atoms with Crippen LogP contribution in [0.4, 0.5) is 10.5 Å². The molecule has 2 heterocycles. The van der Waals surface area contributed by atoms with Gasteiger partial charge in [0, 0.05) is 30.7 Å². The van der Waals surface area contributed by atoms with Gasteiger partial charge in [-0.3, -0.25) is 9.89 Å². The Hall–Kier alpha value is -2.57. The molecule has 0 bridgehead atoms. The van der Waals surface area contributed by atoms with Crippen molar-refractivity contribution < 1.29 is 9.59 Å². The quantitative estimate of drug-likeness (QED) is 0.797. The molecule has 1 aromatic heterocycles. The van der Waals surface area contributed by atoms with Crippen molar-refractivity contribution in [3.63, 3.8) is 0 Å². The summed E-state index contributed by atoms with van der Waals surface area (Å²) in [7, 11) is 0. The summed E-state index contributed by atoms with van der Waals surface area (Å²) in [4.78, 5) is 26.5. The first kappa shape index (κ1) is 17.3. The molecule has 1 aliphatic heterocycles. The summed E-state index contributed by atoms with van der Waals surface area (Å²) in [6.45, 7) is 5.93. The van der Waals surface area contributed by atoms with Crippen LogP contribution in [0.3, 0.4) is 0 Å². The molecule has 2 aromatic rings. The van der Waals surface area contributed by atoms with E-state index in [9.17, 15) is 9.59 Å². The van der Waals surface area contributed by atoms with Gasteiger partial charge < -0.3 is 15.5 Å². The molecular formula is C18H25N5O2. The minimum absolute atomic E-state index is 0.0415. The summed E-state index contributed by atoms with van der Waals surface area (Å²) >= 11 is 0. The largest absolute Gasteiger partial charge is 0.338 e. The number of likely N-dealkylation sites (tertiary alicyclic amines) is 1. The highest BCUT2D eigenvalue weighted by atomic mass is 16.2. The Morgan fingerprint density at radius 3 is 3.04 bits per heavy atom. The van der Waals surface area contributed by atoms with Crippen LogP contribution >= 0.6 is 0 Å². The second-order valence-electron chi connectivity index (χ2n) is 7.03. The van der Waals surface area contributed by atoms with E-state index in [4.69, 9.17) is 0 Å². The first-order valence-electron chi connectivity index (χ1n) is 8.79. The molecule has 0 unspecified atom stereocenters. The summed E-state index contributed by atoms with van der Waals surface area (Å²) in [5.41, 5.74) is 1.62. The number of urea groups is 1. The Labute approximate surface area is 147 Å². The number of anilines is 1. The molecule has 1 aromatic carbocycles. The molecule has 1 aliphatic rings. The van der Waals surface area contributed by atoms with E-state index in [1.165, 1.54) is 0 Å². The van der Waals surface area contributed by atoms with E-state index < -0.39 is 0 Å². The highest BCUT2D eigenvalue weighted by Crippen LogP contribution is 2.21. The van der Waals surface area contributed by atoms with Crippen molar-refractivity contribution >= 4 is 28.5 Å². The lowest BCUT2D eigenvalue weighted by Gasteiger charge is -2.32. The van der Waals surface area contributed by atoms with E-state index in [1.54, 1.807) is 11.1 Å². The molecule has 0 radical (unpaired) electrons. The molecule has 7 heteroatoms. The summed E-state index contributed by atoms with van der Waals surface area (Å²) in [6, 6.07) is 5.58. The Morgan fingerprint density at radius 2 is 2.24 bits per heavy atom. The van der Waals surface area contributed by atoms with Crippen LogP contribution in [0, 0.1) is 11.8 Å². The van der Waals surface area contributed by atoms with Gasteiger partial charge >= 0.3 is 6.03 Å². The number of nitrogens with zero attached hydrogens (tertiary/aromatic N) is 2. The number of carbonyl (C=O) groups is 2. The van der Waals surface area contributed by atoms with Gasteiger partial charge in [-0.05, 0) is 37.0 Å². The number of amides is 3. The number of nitrogens with one attached hydrogen (secondary N) is 3. The summed E-state index contributed by atoms with van der Waals surface area (Å²) in [5.74, 6) is 0.182. The van der Waals surface area contributed by atoms with Gasteiger partial charge in [0.1, 0.15) is 0 Å².